The van der Waals surface area contributed by atoms with Crippen molar-refractivity contribution < 1.29 is 4.79 Å². The highest BCUT2D eigenvalue weighted by Gasteiger charge is 2.44. The summed E-state index contributed by atoms with van der Waals surface area (Å²) in [5, 5.41) is 12.9. The Morgan fingerprint density at radius 1 is 1.08 bits per heavy atom. The number of amides is 1. The predicted molar refractivity (Wildman–Crippen MR) is 96.3 cm³/mol. The number of hydrogen-bond donors (Lipinski definition) is 1. The second kappa shape index (κ2) is 6.34. The van der Waals surface area contributed by atoms with Gasteiger partial charge in [-0.1, -0.05) is 71.5 Å². The molecule has 1 saturated carbocycles. The van der Waals surface area contributed by atoms with Crippen LogP contribution in [-0.2, 0) is 4.79 Å². The lowest BCUT2D eigenvalue weighted by atomic mass is 10.1. The van der Waals surface area contributed by atoms with Gasteiger partial charge in [0.05, 0.1) is 5.02 Å². The molecule has 3 aromatic rings. The maximum Gasteiger partial charge on any atom is 0.229 e. The van der Waals surface area contributed by atoms with Crippen LogP contribution in [-0.4, -0.2) is 16.1 Å². The largest absolute Gasteiger partial charge is 0.300 e. The van der Waals surface area contributed by atoms with Crippen LogP contribution >= 0.6 is 22.9 Å². The molecule has 2 unspecified atom stereocenters. The van der Waals surface area contributed by atoms with Crippen molar-refractivity contribution in [3.63, 3.8) is 0 Å². The number of hydrogen-bond acceptors (Lipinski definition) is 4. The molecule has 24 heavy (non-hydrogen) atoms. The van der Waals surface area contributed by atoms with Crippen molar-refractivity contribution in [1.82, 2.24) is 10.2 Å². The molecule has 0 saturated heterocycles. The number of rotatable bonds is 4. The molecule has 2 aromatic carbocycles. The molecule has 120 valence electrons. The van der Waals surface area contributed by atoms with E-state index in [9.17, 15) is 4.79 Å². The molecule has 0 spiro atoms. The van der Waals surface area contributed by atoms with Gasteiger partial charge in [0.2, 0.25) is 11.0 Å². The lowest BCUT2D eigenvalue weighted by molar-refractivity contribution is -0.117. The van der Waals surface area contributed by atoms with E-state index < -0.39 is 0 Å². The number of nitrogens with one attached hydrogen (secondary N) is 1. The maximum absolute atomic E-state index is 12.4. The van der Waals surface area contributed by atoms with Crippen LogP contribution in [0.5, 0.6) is 0 Å². The lowest BCUT2D eigenvalue weighted by Gasteiger charge is -2.01. The minimum absolute atomic E-state index is 0.00529. The molecule has 1 aromatic heterocycles. The molecule has 1 heterocycles. The first-order valence-electron chi connectivity index (χ1n) is 7.66. The summed E-state index contributed by atoms with van der Waals surface area (Å²) in [6, 6.07) is 17.6. The average molecular weight is 356 g/mol. The Labute approximate surface area is 148 Å². The molecule has 1 amide bonds. The third-order valence-corrected chi connectivity index (χ3v) is 5.32. The SMILES string of the molecule is O=C(Nc1nnc(-c2ccccc2Cl)s1)C1CC1c1ccccc1. The molecular formula is C18H14ClN3OS. The molecule has 1 aliphatic carbocycles. The van der Waals surface area contributed by atoms with E-state index in [0.29, 0.717) is 21.1 Å². The van der Waals surface area contributed by atoms with Gasteiger partial charge in [-0.3, -0.25) is 4.79 Å². The summed E-state index contributed by atoms with van der Waals surface area (Å²) in [4.78, 5) is 12.4. The van der Waals surface area contributed by atoms with Crippen molar-refractivity contribution in [1.29, 1.82) is 0 Å². The Kier molecular flexibility index (Phi) is 4.04. The fraction of sp³-hybridized carbons (Fsp3) is 0.167. The third-order valence-electron chi connectivity index (χ3n) is 4.11. The summed E-state index contributed by atoms with van der Waals surface area (Å²) in [7, 11) is 0. The topological polar surface area (TPSA) is 54.9 Å². The lowest BCUT2D eigenvalue weighted by Crippen LogP contribution is -2.14. The predicted octanol–water partition coefficient (Wildman–Crippen LogP) is 4.60. The highest BCUT2D eigenvalue weighted by molar-refractivity contribution is 7.18. The summed E-state index contributed by atoms with van der Waals surface area (Å²) in [5.74, 6) is 0.327. The maximum atomic E-state index is 12.4. The van der Waals surface area contributed by atoms with Gasteiger partial charge < -0.3 is 5.32 Å². The van der Waals surface area contributed by atoms with Crippen molar-refractivity contribution >= 4 is 34.0 Å². The summed E-state index contributed by atoms with van der Waals surface area (Å²) in [6.45, 7) is 0. The second-order valence-corrected chi connectivity index (χ2v) is 7.13. The van der Waals surface area contributed by atoms with E-state index in [1.165, 1.54) is 16.9 Å². The zero-order chi connectivity index (χ0) is 16.5. The molecule has 0 aliphatic heterocycles. The van der Waals surface area contributed by atoms with Crippen LogP contribution in [0.3, 0.4) is 0 Å². The van der Waals surface area contributed by atoms with Crippen LogP contribution in [0.2, 0.25) is 5.02 Å². The number of halogens is 1. The van der Waals surface area contributed by atoms with Crippen molar-refractivity contribution in [3.05, 3.63) is 65.2 Å². The Morgan fingerprint density at radius 3 is 2.62 bits per heavy atom. The van der Waals surface area contributed by atoms with Crippen molar-refractivity contribution in [2.75, 3.05) is 5.32 Å². The molecular weight excluding hydrogens is 342 g/mol. The van der Waals surface area contributed by atoms with Crippen LogP contribution in [0.4, 0.5) is 5.13 Å². The summed E-state index contributed by atoms with van der Waals surface area (Å²) < 4.78 is 0. The minimum Gasteiger partial charge on any atom is -0.300 e. The summed E-state index contributed by atoms with van der Waals surface area (Å²) in [6.07, 6.45) is 0.881. The molecule has 4 nitrogen and oxygen atoms in total. The molecule has 1 fully saturated rings. The first kappa shape index (κ1) is 15.3. The normalized spacial score (nSPS) is 19.0. The highest BCUT2D eigenvalue weighted by Crippen LogP contribution is 2.48. The first-order valence-corrected chi connectivity index (χ1v) is 8.86. The number of carbonyl (C=O) groups is 1. The van der Waals surface area contributed by atoms with Crippen LogP contribution in [0, 0.1) is 5.92 Å². The van der Waals surface area contributed by atoms with E-state index in [2.05, 4.69) is 27.6 Å². The number of anilines is 1. The van der Waals surface area contributed by atoms with E-state index in [0.717, 1.165) is 12.0 Å². The third kappa shape index (κ3) is 3.05. The molecule has 4 rings (SSSR count). The van der Waals surface area contributed by atoms with E-state index in [4.69, 9.17) is 11.6 Å². The van der Waals surface area contributed by atoms with Crippen LogP contribution in [0.25, 0.3) is 10.6 Å². The minimum atomic E-state index is 0.00529. The number of aromatic nitrogens is 2. The molecule has 0 bridgehead atoms. The van der Waals surface area contributed by atoms with Gasteiger partial charge in [-0.15, -0.1) is 10.2 Å². The van der Waals surface area contributed by atoms with Crippen molar-refractivity contribution in [3.8, 4) is 10.6 Å². The fourth-order valence-corrected chi connectivity index (χ4v) is 3.84. The van der Waals surface area contributed by atoms with Gasteiger partial charge in [-0.25, -0.2) is 0 Å². The monoisotopic (exact) mass is 355 g/mol. The number of carbonyl (C=O) groups excluding carboxylic acids is 1. The Morgan fingerprint density at radius 2 is 1.83 bits per heavy atom. The zero-order valence-electron chi connectivity index (χ0n) is 12.6. The van der Waals surface area contributed by atoms with Crippen LogP contribution in [0.15, 0.2) is 54.6 Å². The Balaban J connectivity index is 1.44. The van der Waals surface area contributed by atoms with Gasteiger partial charge in [0, 0.05) is 11.5 Å². The van der Waals surface area contributed by atoms with Gasteiger partial charge in [-0.05, 0) is 24.0 Å². The van der Waals surface area contributed by atoms with Gasteiger partial charge in [-0.2, -0.15) is 0 Å². The van der Waals surface area contributed by atoms with Crippen LogP contribution in [0.1, 0.15) is 17.9 Å². The number of benzene rings is 2. The van der Waals surface area contributed by atoms with E-state index in [-0.39, 0.29) is 11.8 Å². The second-order valence-electron chi connectivity index (χ2n) is 5.74. The smallest absolute Gasteiger partial charge is 0.229 e. The summed E-state index contributed by atoms with van der Waals surface area (Å²) >= 11 is 7.50. The fourth-order valence-electron chi connectivity index (χ4n) is 2.77. The molecule has 2 atom stereocenters. The molecule has 1 N–H and O–H groups in total. The van der Waals surface area contributed by atoms with Crippen LogP contribution < -0.4 is 5.32 Å². The molecule has 0 radical (unpaired) electrons. The molecule has 1 aliphatic rings. The first-order chi connectivity index (χ1) is 11.7. The molecule has 6 heteroatoms. The van der Waals surface area contributed by atoms with E-state index in [1.54, 1.807) is 0 Å². The van der Waals surface area contributed by atoms with Gasteiger partial charge in [0.1, 0.15) is 0 Å². The van der Waals surface area contributed by atoms with E-state index in [1.807, 2.05) is 42.5 Å². The Hall–Kier alpha value is -2.24. The number of nitrogens with zero attached hydrogens (tertiary/aromatic N) is 2. The van der Waals surface area contributed by atoms with Gasteiger partial charge >= 0.3 is 0 Å². The van der Waals surface area contributed by atoms with Gasteiger partial charge in [0.25, 0.3) is 0 Å². The Bertz CT molecular complexity index is 881. The van der Waals surface area contributed by atoms with Crippen molar-refractivity contribution in [2.24, 2.45) is 5.92 Å². The summed E-state index contributed by atoms with van der Waals surface area (Å²) in [5.41, 5.74) is 2.04. The average Bonchev–Trinajstić information content (AvgIpc) is 3.29. The highest BCUT2D eigenvalue weighted by atomic mass is 35.5. The van der Waals surface area contributed by atoms with E-state index >= 15 is 0 Å². The standard InChI is InChI=1S/C18H14ClN3OS/c19-15-9-5-4-8-12(15)17-21-22-18(24-17)20-16(23)14-10-13(14)11-6-2-1-3-7-11/h1-9,13-14H,10H2,(H,20,22,23). The van der Waals surface area contributed by atoms with Crippen molar-refractivity contribution in [2.45, 2.75) is 12.3 Å². The van der Waals surface area contributed by atoms with Gasteiger partial charge in [0.15, 0.2) is 5.01 Å². The zero-order valence-corrected chi connectivity index (χ0v) is 14.2. The quantitative estimate of drug-likeness (QED) is 0.744.